The van der Waals surface area contributed by atoms with Crippen molar-refractivity contribution in [3.63, 3.8) is 0 Å². The van der Waals surface area contributed by atoms with Crippen molar-refractivity contribution in [1.82, 2.24) is 9.55 Å². The van der Waals surface area contributed by atoms with Crippen LogP contribution in [0.4, 0.5) is 0 Å². The molecule has 0 bridgehead atoms. The van der Waals surface area contributed by atoms with E-state index < -0.39 is 0 Å². The lowest BCUT2D eigenvalue weighted by atomic mass is 9.97. The van der Waals surface area contributed by atoms with Crippen molar-refractivity contribution in [3.05, 3.63) is 101 Å². The quantitative estimate of drug-likeness (QED) is 0.219. The molecule has 0 saturated heterocycles. The summed E-state index contributed by atoms with van der Waals surface area (Å²) in [6.07, 6.45) is 7.64. The molecular weight excluding hydrogens is 440 g/mol. The number of hydrogen-bond acceptors (Lipinski definition) is 2. The van der Waals surface area contributed by atoms with E-state index in [-0.39, 0.29) is 0 Å². The minimum atomic E-state index is 0.458. The summed E-state index contributed by atoms with van der Waals surface area (Å²) >= 11 is 5.96. The highest BCUT2D eigenvalue weighted by molar-refractivity contribution is 6.30. The predicted molar refractivity (Wildman–Crippen MR) is 142 cm³/mol. The van der Waals surface area contributed by atoms with Gasteiger partial charge in [0.05, 0.1) is 12.3 Å². The number of benzene rings is 3. The second-order valence-electron chi connectivity index (χ2n) is 8.71. The maximum Gasteiger partial charge on any atom is 0.119 e. The fourth-order valence-corrected chi connectivity index (χ4v) is 4.50. The first kappa shape index (κ1) is 24.1. The summed E-state index contributed by atoms with van der Waals surface area (Å²) in [5.41, 5.74) is 4.49. The number of ether oxygens (including phenoxy) is 1. The number of rotatable bonds is 11. The molecule has 34 heavy (non-hydrogen) atoms. The number of hydrogen-bond donors (Lipinski definition) is 0. The Bertz CT molecular complexity index is 1140. The van der Waals surface area contributed by atoms with E-state index in [1.54, 1.807) is 0 Å². The van der Waals surface area contributed by atoms with Crippen LogP contribution in [0.3, 0.4) is 0 Å². The van der Waals surface area contributed by atoms with Crippen molar-refractivity contribution in [2.45, 2.75) is 51.9 Å². The normalized spacial score (nSPS) is 11.2. The molecule has 4 heteroatoms. The number of halogens is 1. The molecular formula is C30H33ClN2O. The molecule has 0 atom stereocenters. The summed E-state index contributed by atoms with van der Waals surface area (Å²) in [6, 6.07) is 26.7. The molecule has 0 radical (unpaired) electrons. The second-order valence-corrected chi connectivity index (χ2v) is 9.15. The molecule has 0 aliphatic carbocycles. The van der Waals surface area contributed by atoms with Crippen LogP contribution in [0.5, 0.6) is 5.75 Å². The Hall–Kier alpha value is -3.04. The van der Waals surface area contributed by atoms with Gasteiger partial charge in [-0.25, -0.2) is 4.98 Å². The summed E-state index contributed by atoms with van der Waals surface area (Å²) in [7, 11) is 0. The van der Waals surface area contributed by atoms with Crippen LogP contribution in [0.1, 0.15) is 56.8 Å². The van der Waals surface area contributed by atoms with Crippen molar-refractivity contribution < 1.29 is 4.74 Å². The highest BCUT2D eigenvalue weighted by Crippen LogP contribution is 2.31. The summed E-state index contributed by atoms with van der Waals surface area (Å²) in [6.45, 7) is 5.14. The molecule has 3 nitrogen and oxygen atoms in total. The zero-order valence-electron chi connectivity index (χ0n) is 20.1. The molecule has 0 amide bonds. The summed E-state index contributed by atoms with van der Waals surface area (Å²) in [5, 5.41) is 0.758. The van der Waals surface area contributed by atoms with Crippen LogP contribution >= 0.6 is 11.6 Å². The molecule has 4 rings (SSSR count). The molecule has 0 fully saturated rings. The van der Waals surface area contributed by atoms with E-state index in [4.69, 9.17) is 21.3 Å². The Kier molecular flexibility index (Phi) is 8.43. The monoisotopic (exact) mass is 472 g/mol. The van der Waals surface area contributed by atoms with Gasteiger partial charge in [-0.3, -0.25) is 0 Å². The second kappa shape index (κ2) is 11.9. The van der Waals surface area contributed by atoms with E-state index >= 15 is 0 Å². The van der Waals surface area contributed by atoms with Gasteiger partial charge in [-0.1, -0.05) is 68.6 Å². The standard InChI is InChI=1S/C30H33ClN2O/c1-3-8-25(9-4-2)30-32-29(22-33(30)27-10-6-5-7-11-27)24-14-18-28(19-15-24)34-21-20-23-12-16-26(31)17-13-23/h5-7,10-19,22,25H,3-4,8-9,20-21H2,1-2H3. The van der Waals surface area contributed by atoms with Gasteiger partial charge < -0.3 is 9.30 Å². The summed E-state index contributed by atoms with van der Waals surface area (Å²) in [4.78, 5) is 5.14. The Labute approximate surface area is 208 Å². The fraction of sp³-hybridized carbons (Fsp3) is 0.300. The van der Waals surface area contributed by atoms with E-state index in [0.29, 0.717) is 12.5 Å². The average molecular weight is 473 g/mol. The van der Waals surface area contributed by atoms with E-state index in [1.165, 1.54) is 5.56 Å². The SMILES string of the molecule is CCCC(CCC)c1nc(-c2ccc(OCCc3ccc(Cl)cc3)cc2)cn1-c1ccccc1. The maximum absolute atomic E-state index is 5.97. The van der Waals surface area contributed by atoms with Gasteiger partial charge in [-0.2, -0.15) is 0 Å². The number of imidazole rings is 1. The first-order chi connectivity index (χ1) is 16.7. The van der Waals surface area contributed by atoms with Crippen LogP contribution < -0.4 is 4.74 Å². The summed E-state index contributed by atoms with van der Waals surface area (Å²) in [5.74, 6) is 2.49. The topological polar surface area (TPSA) is 27.1 Å². The molecule has 4 aromatic rings. The molecule has 0 aliphatic rings. The van der Waals surface area contributed by atoms with Gasteiger partial charge >= 0.3 is 0 Å². The largest absolute Gasteiger partial charge is 0.493 e. The molecule has 3 aromatic carbocycles. The number of para-hydroxylation sites is 1. The van der Waals surface area contributed by atoms with Crippen molar-refractivity contribution in [2.75, 3.05) is 6.61 Å². The predicted octanol–water partition coefficient (Wildman–Crippen LogP) is 8.50. The molecule has 176 valence electrons. The highest BCUT2D eigenvalue weighted by atomic mass is 35.5. The highest BCUT2D eigenvalue weighted by Gasteiger charge is 2.19. The third-order valence-corrected chi connectivity index (χ3v) is 6.38. The number of aromatic nitrogens is 2. The van der Waals surface area contributed by atoms with Gasteiger partial charge in [0.1, 0.15) is 11.6 Å². The van der Waals surface area contributed by atoms with Gasteiger partial charge in [0.25, 0.3) is 0 Å². The van der Waals surface area contributed by atoms with Gasteiger partial charge in [0.15, 0.2) is 0 Å². The first-order valence-electron chi connectivity index (χ1n) is 12.3. The van der Waals surface area contributed by atoms with Gasteiger partial charge in [-0.15, -0.1) is 0 Å². The Morgan fingerprint density at radius 3 is 2.18 bits per heavy atom. The lowest BCUT2D eigenvalue weighted by Gasteiger charge is -2.17. The zero-order valence-corrected chi connectivity index (χ0v) is 20.8. The van der Waals surface area contributed by atoms with Crippen LogP contribution in [-0.4, -0.2) is 16.2 Å². The summed E-state index contributed by atoms with van der Waals surface area (Å²) < 4.78 is 8.25. The lowest BCUT2D eigenvalue weighted by Crippen LogP contribution is -2.07. The van der Waals surface area contributed by atoms with Crippen LogP contribution in [-0.2, 0) is 6.42 Å². The molecule has 0 saturated carbocycles. The molecule has 1 aromatic heterocycles. The van der Waals surface area contributed by atoms with Crippen molar-refractivity contribution >= 4 is 11.6 Å². The third kappa shape index (κ3) is 6.09. The zero-order chi connectivity index (χ0) is 23.8. The molecule has 0 unspecified atom stereocenters. The van der Waals surface area contributed by atoms with E-state index in [2.05, 4.69) is 67.1 Å². The van der Waals surface area contributed by atoms with Gasteiger partial charge in [-0.05, 0) is 66.9 Å². The van der Waals surface area contributed by atoms with Crippen LogP contribution in [0.15, 0.2) is 85.1 Å². The van der Waals surface area contributed by atoms with Crippen molar-refractivity contribution in [3.8, 4) is 22.7 Å². The molecule has 0 spiro atoms. The Balaban J connectivity index is 1.52. The van der Waals surface area contributed by atoms with E-state index in [1.807, 2.05) is 36.4 Å². The fourth-order valence-electron chi connectivity index (χ4n) is 4.38. The van der Waals surface area contributed by atoms with Gasteiger partial charge in [0.2, 0.25) is 0 Å². The number of nitrogens with zero attached hydrogens (tertiary/aromatic N) is 2. The van der Waals surface area contributed by atoms with Crippen LogP contribution in [0, 0.1) is 0 Å². The van der Waals surface area contributed by atoms with Gasteiger partial charge in [0, 0.05) is 34.8 Å². The van der Waals surface area contributed by atoms with E-state index in [9.17, 15) is 0 Å². The minimum Gasteiger partial charge on any atom is -0.493 e. The Morgan fingerprint density at radius 2 is 1.53 bits per heavy atom. The smallest absolute Gasteiger partial charge is 0.119 e. The first-order valence-corrected chi connectivity index (χ1v) is 12.7. The average Bonchev–Trinajstić information content (AvgIpc) is 3.31. The minimum absolute atomic E-state index is 0.458. The van der Waals surface area contributed by atoms with E-state index in [0.717, 1.165) is 65.6 Å². The van der Waals surface area contributed by atoms with Crippen molar-refractivity contribution in [1.29, 1.82) is 0 Å². The maximum atomic E-state index is 5.97. The molecule has 0 N–H and O–H groups in total. The van der Waals surface area contributed by atoms with Crippen LogP contribution in [0.2, 0.25) is 5.02 Å². The Morgan fingerprint density at radius 1 is 0.853 bits per heavy atom. The van der Waals surface area contributed by atoms with Crippen LogP contribution in [0.25, 0.3) is 16.9 Å². The van der Waals surface area contributed by atoms with Crippen molar-refractivity contribution in [2.24, 2.45) is 0 Å². The lowest BCUT2D eigenvalue weighted by molar-refractivity contribution is 0.322. The molecule has 0 aliphatic heterocycles. The third-order valence-electron chi connectivity index (χ3n) is 6.13. The molecule has 1 heterocycles.